The quantitative estimate of drug-likeness (QED) is 0.214. The van der Waals surface area contributed by atoms with E-state index in [0.29, 0.717) is 0 Å². The van der Waals surface area contributed by atoms with Crippen LogP contribution in [0.25, 0.3) is 77.2 Å². The average molecular weight is 565 g/mol. The van der Waals surface area contributed by atoms with Crippen LogP contribution in [0, 0.1) is 0 Å². The molecule has 0 saturated heterocycles. The van der Waals surface area contributed by atoms with Gasteiger partial charge in [0.25, 0.3) is 0 Å². The number of rotatable bonds is 4. The topological polar surface area (TPSA) is 61.4 Å². The molecule has 6 heteroatoms. The smallest absolute Gasteiger partial charge is 0.122 e. The van der Waals surface area contributed by atoms with Gasteiger partial charge < -0.3 is 0 Å². The molecule has 0 atom stereocenters. The van der Waals surface area contributed by atoms with Gasteiger partial charge >= 0.3 is 0 Å². The second-order valence-electron chi connectivity index (χ2n) is 10.9. The fourth-order valence-electron chi connectivity index (χ4n) is 6.35. The molecule has 7 aromatic carbocycles. The third-order valence-electron chi connectivity index (χ3n) is 8.39. The molecule has 0 N–H and O–H groups in total. The van der Waals surface area contributed by atoms with E-state index in [1.165, 1.54) is 0 Å². The zero-order valence-electron chi connectivity index (χ0n) is 23.5. The van der Waals surface area contributed by atoms with Crippen LogP contribution in [0.1, 0.15) is 0 Å². The highest BCUT2D eigenvalue weighted by atomic mass is 15.4. The van der Waals surface area contributed by atoms with Crippen molar-refractivity contribution in [2.75, 3.05) is 0 Å². The van der Waals surface area contributed by atoms with Crippen molar-refractivity contribution in [3.05, 3.63) is 146 Å². The first-order valence-corrected chi connectivity index (χ1v) is 14.6. The first-order valence-electron chi connectivity index (χ1n) is 14.6. The van der Waals surface area contributed by atoms with E-state index < -0.39 is 0 Å². The summed E-state index contributed by atoms with van der Waals surface area (Å²) in [7, 11) is 0. The van der Waals surface area contributed by atoms with Gasteiger partial charge in [-0.25, -0.2) is 9.36 Å². The van der Waals surface area contributed by atoms with Gasteiger partial charge in [0.1, 0.15) is 11.0 Å². The normalized spacial score (nSPS) is 11.6. The van der Waals surface area contributed by atoms with Crippen LogP contribution in [0.5, 0.6) is 0 Å². The highest BCUT2D eigenvalue weighted by Gasteiger charge is 2.19. The summed E-state index contributed by atoms with van der Waals surface area (Å²) in [5.41, 5.74) is 9.97. The third kappa shape index (κ3) is 3.75. The molecule has 206 valence electrons. The summed E-state index contributed by atoms with van der Waals surface area (Å²) in [6, 6.07) is 50.4. The molecule has 0 saturated carbocycles. The Hall–Kier alpha value is -6.14. The Morgan fingerprint density at radius 1 is 0.386 bits per heavy atom. The summed E-state index contributed by atoms with van der Waals surface area (Å²) < 4.78 is 3.84. The lowest BCUT2D eigenvalue weighted by molar-refractivity contribution is 0.824. The van der Waals surface area contributed by atoms with Crippen molar-refractivity contribution in [3.8, 4) is 33.6 Å². The minimum Gasteiger partial charge on any atom is -0.213 e. The Labute approximate surface area is 252 Å². The number of nitrogens with zero attached hydrogens (tertiary/aromatic N) is 6. The number of benzene rings is 7. The van der Waals surface area contributed by atoms with Gasteiger partial charge in [0, 0.05) is 11.1 Å². The molecule has 44 heavy (non-hydrogen) atoms. The van der Waals surface area contributed by atoms with Gasteiger partial charge in [0.05, 0.1) is 22.4 Å². The number of hydrogen-bond donors (Lipinski definition) is 0. The molecule has 0 amide bonds. The number of fused-ring (bicyclic) bond motifs is 4. The Morgan fingerprint density at radius 3 is 1.20 bits per heavy atom. The largest absolute Gasteiger partial charge is 0.213 e. The number of hydrogen-bond acceptors (Lipinski definition) is 4. The van der Waals surface area contributed by atoms with Gasteiger partial charge in [-0.2, -0.15) is 0 Å². The van der Waals surface area contributed by atoms with E-state index in [1.54, 1.807) is 0 Å². The highest BCUT2D eigenvalue weighted by Crippen LogP contribution is 2.39. The molecule has 0 aliphatic heterocycles. The Morgan fingerprint density at radius 2 is 0.773 bits per heavy atom. The maximum Gasteiger partial charge on any atom is 0.122 e. The third-order valence-corrected chi connectivity index (χ3v) is 8.39. The Balaban J connectivity index is 1.25. The van der Waals surface area contributed by atoms with E-state index >= 15 is 0 Å². The lowest BCUT2D eigenvalue weighted by atomic mass is 9.92. The molecule has 0 unspecified atom stereocenters. The molecule has 6 nitrogen and oxygen atoms in total. The van der Waals surface area contributed by atoms with E-state index in [0.717, 1.165) is 77.2 Å². The predicted molar refractivity (Wildman–Crippen MR) is 177 cm³/mol. The first-order chi connectivity index (χ1) is 21.8. The summed E-state index contributed by atoms with van der Waals surface area (Å²) in [4.78, 5) is 0. The van der Waals surface area contributed by atoms with Crippen molar-refractivity contribution in [2.45, 2.75) is 0 Å². The molecular weight excluding hydrogens is 540 g/mol. The Kier molecular flexibility index (Phi) is 5.40. The minimum absolute atomic E-state index is 0.874. The van der Waals surface area contributed by atoms with Crippen LogP contribution in [0.15, 0.2) is 146 Å². The fourth-order valence-corrected chi connectivity index (χ4v) is 6.35. The first kappa shape index (κ1) is 24.5. The molecule has 0 spiro atoms. The molecule has 0 aliphatic carbocycles. The summed E-state index contributed by atoms with van der Waals surface area (Å²) in [6.45, 7) is 0. The van der Waals surface area contributed by atoms with Crippen molar-refractivity contribution in [1.82, 2.24) is 30.0 Å². The van der Waals surface area contributed by atoms with Gasteiger partial charge in [0.2, 0.25) is 0 Å². The molecule has 2 aromatic heterocycles. The van der Waals surface area contributed by atoms with Crippen molar-refractivity contribution >= 4 is 43.6 Å². The van der Waals surface area contributed by atoms with Crippen molar-refractivity contribution in [1.29, 1.82) is 0 Å². The molecule has 9 aromatic rings. The zero-order valence-corrected chi connectivity index (χ0v) is 23.5. The molecule has 9 rings (SSSR count). The summed E-state index contributed by atoms with van der Waals surface area (Å²) in [5, 5.41) is 23.2. The van der Waals surface area contributed by atoms with Gasteiger partial charge in [-0.1, -0.05) is 120 Å². The predicted octanol–water partition coefficient (Wildman–Crippen LogP) is 8.79. The summed E-state index contributed by atoms with van der Waals surface area (Å²) >= 11 is 0. The lowest BCUT2D eigenvalue weighted by Gasteiger charge is -2.12. The van der Waals surface area contributed by atoms with Crippen molar-refractivity contribution in [2.24, 2.45) is 0 Å². The van der Waals surface area contributed by atoms with E-state index in [2.05, 4.69) is 120 Å². The number of para-hydroxylation sites is 2. The van der Waals surface area contributed by atoms with Crippen LogP contribution in [0.2, 0.25) is 0 Å². The van der Waals surface area contributed by atoms with Crippen LogP contribution < -0.4 is 0 Å². The molecule has 0 aliphatic rings. The standard InChI is InChI=1S/C38H24N6/c1-3-13-29(14-4-1)43-33-23-27-11-7-9-17-31(27)35(37(33)39-41-43)25-19-21-26(22-20-25)36-32-18-10-8-12-28(32)24-34-38(36)40-42-44(34)30-15-5-2-6-16-30/h1-24H. The van der Waals surface area contributed by atoms with Crippen LogP contribution in [0.3, 0.4) is 0 Å². The van der Waals surface area contributed by atoms with E-state index in [9.17, 15) is 0 Å². The van der Waals surface area contributed by atoms with Crippen LogP contribution in [0.4, 0.5) is 0 Å². The Bertz CT molecular complexity index is 2300. The van der Waals surface area contributed by atoms with Crippen molar-refractivity contribution in [3.63, 3.8) is 0 Å². The van der Waals surface area contributed by atoms with E-state index in [-0.39, 0.29) is 0 Å². The summed E-state index contributed by atoms with van der Waals surface area (Å²) in [5.74, 6) is 0. The SMILES string of the molecule is c1ccc(-n2nnc3c(-c4ccc(-c5c6ccccc6cc6c5nnn6-c5ccccc5)cc4)c4ccccc4cc32)cc1. The van der Waals surface area contributed by atoms with E-state index in [1.807, 2.05) is 45.8 Å². The van der Waals surface area contributed by atoms with Crippen molar-refractivity contribution < 1.29 is 0 Å². The van der Waals surface area contributed by atoms with Gasteiger partial charge in [0.15, 0.2) is 0 Å². The molecule has 0 radical (unpaired) electrons. The highest BCUT2D eigenvalue weighted by molar-refractivity contribution is 6.12. The molecule has 0 fully saturated rings. The lowest BCUT2D eigenvalue weighted by Crippen LogP contribution is -1.96. The molecule has 2 heterocycles. The van der Waals surface area contributed by atoms with E-state index in [4.69, 9.17) is 10.2 Å². The van der Waals surface area contributed by atoms with Gasteiger partial charge in [-0.3, -0.25) is 0 Å². The van der Waals surface area contributed by atoms with Crippen LogP contribution >= 0.6 is 0 Å². The van der Waals surface area contributed by atoms with Gasteiger partial charge in [-0.15, -0.1) is 10.2 Å². The average Bonchev–Trinajstić information content (AvgIpc) is 3.71. The monoisotopic (exact) mass is 564 g/mol. The maximum absolute atomic E-state index is 4.71. The molecular formula is C38H24N6. The minimum atomic E-state index is 0.874. The fraction of sp³-hybridized carbons (Fsp3) is 0. The zero-order chi connectivity index (χ0) is 29.0. The second kappa shape index (κ2) is 9.71. The second-order valence-corrected chi connectivity index (χ2v) is 10.9. The molecule has 0 bridgehead atoms. The van der Waals surface area contributed by atoms with Crippen LogP contribution in [-0.2, 0) is 0 Å². The summed E-state index contributed by atoms with van der Waals surface area (Å²) in [6.07, 6.45) is 0. The van der Waals surface area contributed by atoms with Gasteiger partial charge in [-0.05, 0) is 69.1 Å². The number of aromatic nitrogens is 6. The van der Waals surface area contributed by atoms with Crippen LogP contribution in [-0.4, -0.2) is 30.0 Å². The maximum atomic E-state index is 4.71.